The molecule has 27 heavy (non-hydrogen) atoms. The molecule has 6 aromatic rings. The van der Waals surface area contributed by atoms with E-state index in [1.54, 1.807) is 22.2 Å². The zero-order valence-electron chi connectivity index (χ0n) is 14.7. The molecule has 0 aliphatic carbocycles. The molecule has 1 N–H and O–H groups in total. The van der Waals surface area contributed by atoms with Gasteiger partial charge in [0.15, 0.2) is 11.5 Å². The molecule has 130 valence electrons. The van der Waals surface area contributed by atoms with E-state index in [-0.39, 0.29) is 0 Å². The standard InChI is InChI=1S/C20H14N6S/c1-10-7-11(2)23-20-15(10)16-17(27-20)19-24-18(25-26(19)9-22-16)13-8-21-14-6-4-3-5-12(13)14/h3-9,21H,1-2H3. The monoisotopic (exact) mass is 370 g/mol. The van der Waals surface area contributed by atoms with Crippen molar-refractivity contribution < 1.29 is 0 Å². The van der Waals surface area contributed by atoms with Crippen molar-refractivity contribution in [1.29, 1.82) is 0 Å². The normalized spacial score (nSPS) is 12.1. The van der Waals surface area contributed by atoms with E-state index >= 15 is 0 Å². The Bertz CT molecular complexity index is 1500. The number of aromatic nitrogens is 6. The van der Waals surface area contributed by atoms with Gasteiger partial charge in [0.1, 0.15) is 15.9 Å². The number of hydrogen-bond acceptors (Lipinski definition) is 5. The Morgan fingerprint density at radius 3 is 2.93 bits per heavy atom. The highest BCUT2D eigenvalue weighted by molar-refractivity contribution is 7.26. The SMILES string of the molecule is Cc1cc(C)c2c(n1)sc1c2ncn2nc(-c3c[nH]c4ccccc34)nc12. The van der Waals surface area contributed by atoms with E-state index in [0.717, 1.165) is 48.2 Å². The summed E-state index contributed by atoms with van der Waals surface area (Å²) in [5.74, 6) is 0.695. The van der Waals surface area contributed by atoms with Crippen LogP contribution in [0.5, 0.6) is 0 Å². The molecule has 0 aliphatic rings. The van der Waals surface area contributed by atoms with Gasteiger partial charge in [-0.15, -0.1) is 16.4 Å². The fraction of sp³-hybridized carbons (Fsp3) is 0.100. The van der Waals surface area contributed by atoms with Crippen LogP contribution in [0.4, 0.5) is 0 Å². The molecule has 5 heterocycles. The van der Waals surface area contributed by atoms with E-state index < -0.39 is 0 Å². The number of aryl methyl sites for hydroxylation is 2. The molecular formula is C20H14N6S. The van der Waals surface area contributed by atoms with Crippen LogP contribution in [-0.2, 0) is 0 Å². The summed E-state index contributed by atoms with van der Waals surface area (Å²) in [4.78, 5) is 18.5. The Kier molecular flexibility index (Phi) is 2.80. The number of aromatic amines is 1. The molecule has 0 saturated carbocycles. The number of rotatable bonds is 1. The van der Waals surface area contributed by atoms with Gasteiger partial charge in [0.2, 0.25) is 0 Å². The van der Waals surface area contributed by atoms with E-state index in [9.17, 15) is 0 Å². The molecule has 0 unspecified atom stereocenters. The molecule has 0 atom stereocenters. The summed E-state index contributed by atoms with van der Waals surface area (Å²) in [7, 11) is 0. The van der Waals surface area contributed by atoms with Crippen LogP contribution in [0.3, 0.4) is 0 Å². The minimum atomic E-state index is 0.695. The number of thiophene rings is 1. The van der Waals surface area contributed by atoms with Gasteiger partial charge in [0.05, 0.1) is 5.52 Å². The van der Waals surface area contributed by atoms with Crippen LogP contribution in [0.25, 0.3) is 48.4 Å². The smallest absolute Gasteiger partial charge is 0.184 e. The number of pyridine rings is 1. The van der Waals surface area contributed by atoms with Crippen molar-refractivity contribution in [1.82, 2.24) is 29.5 Å². The lowest BCUT2D eigenvalue weighted by atomic mass is 10.1. The van der Waals surface area contributed by atoms with E-state index in [1.807, 2.05) is 25.3 Å². The van der Waals surface area contributed by atoms with Crippen LogP contribution in [0.1, 0.15) is 11.3 Å². The average molecular weight is 370 g/mol. The van der Waals surface area contributed by atoms with Gasteiger partial charge in [-0.05, 0) is 31.5 Å². The quantitative estimate of drug-likeness (QED) is 0.457. The van der Waals surface area contributed by atoms with E-state index in [0.29, 0.717) is 5.82 Å². The summed E-state index contributed by atoms with van der Waals surface area (Å²) < 4.78 is 2.78. The summed E-state index contributed by atoms with van der Waals surface area (Å²) in [5.41, 5.74) is 6.05. The molecule has 6 nitrogen and oxygen atoms in total. The molecule has 7 heteroatoms. The summed E-state index contributed by atoms with van der Waals surface area (Å²) in [6.45, 7) is 4.13. The first-order chi connectivity index (χ1) is 13.2. The Morgan fingerprint density at radius 2 is 2.00 bits per heavy atom. The summed E-state index contributed by atoms with van der Waals surface area (Å²) in [6, 6.07) is 10.3. The van der Waals surface area contributed by atoms with Crippen LogP contribution in [-0.4, -0.2) is 29.5 Å². The highest BCUT2D eigenvalue weighted by Gasteiger charge is 2.18. The van der Waals surface area contributed by atoms with Crippen molar-refractivity contribution in [2.24, 2.45) is 0 Å². The molecule has 0 spiro atoms. The lowest BCUT2D eigenvalue weighted by Crippen LogP contribution is -1.90. The second-order valence-corrected chi connectivity index (χ2v) is 7.74. The molecule has 0 fully saturated rings. The topological polar surface area (TPSA) is 71.8 Å². The van der Waals surface area contributed by atoms with E-state index in [2.05, 4.69) is 40.2 Å². The average Bonchev–Trinajstić information content (AvgIpc) is 3.34. The molecular weight excluding hydrogens is 356 g/mol. The first-order valence-corrected chi connectivity index (χ1v) is 9.49. The van der Waals surface area contributed by atoms with Gasteiger partial charge in [0.25, 0.3) is 0 Å². The van der Waals surface area contributed by atoms with Crippen LogP contribution < -0.4 is 0 Å². The Hall–Kier alpha value is -3.32. The number of fused-ring (bicyclic) bond motifs is 6. The van der Waals surface area contributed by atoms with Gasteiger partial charge in [-0.2, -0.15) is 0 Å². The number of nitrogens with zero attached hydrogens (tertiary/aromatic N) is 5. The number of hydrogen-bond donors (Lipinski definition) is 1. The second kappa shape index (κ2) is 5.11. The minimum absolute atomic E-state index is 0.695. The minimum Gasteiger partial charge on any atom is -0.360 e. The molecule has 0 amide bonds. The largest absolute Gasteiger partial charge is 0.360 e. The van der Waals surface area contributed by atoms with Crippen LogP contribution in [0.15, 0.2) is 42.9 Å². The summed E-state index contributed by atoms with van der Waals surface area (Å²) in [6.07, 6.45) is 3.71. The van der Waals surface area contributed by atoms with Crippen LogP contribution >= 0.6 is 11.3 Å². The van der Waals surface area contributed by atoms with E-state index in [1.165, 1.54) is 5.56 Å². The predicted molar refractivity (Wildman–Crippen MR) is 108 cm³/mol. The third-order valence-electron chi connectivity index (χ3n) is 4.92. The maximum Gasteiger partial charge on any atom is 0.184 e. The molecule has 6 rings (SSSR count). The maximum absolute atomic E-state index is 4.86. The molecule has 1 aromatic carbocycles. The molecule has 0 saturated heterocycles. The molecule has 0 aliphatic heterocycles. The fourth-order valence-electron chi connectivity index (χ4n) is 3.74. The fourth-order valence-corrected chi connectivity index (χ4v) is 4.96. The third-order valence-corrected chi connectivity index (χ3v) is 5.99. The maximum atomic E-state index is 4.86. The van der Waals surface area contributed by atoms with Crippen molar-refractivity contribution in [3.05, 3.63) is 54.1 Å². The van der Waals surface area contributed by atoms with Gasteiger partial charge in [-0.1, -0.05) is 18.2 Å². The van der Waals surface area contributed by atoms with Gasteiger partial charge in [-0.3, -0.25) is 0 Å². The predicted octanol–water partition coefficient (Wildman–Crippen LogP) is 4.65. The Labute approximate surface area is 157 Å². The summed E-state index contributed by atoms with van der Waals surface area (Å²) in [5, 5.41) is 6.90. The van der Waals surface area contributed by atoms with Crippen molar-refractivity contribution >= 4 is 48.3 Å². The van der Waals surface area contributed by atoms with Gasteiger partial charge >= 0.3 is 0 Å². The van der Waals surface area contributed by atoms with Crippen LogP contribution in [0.2, 0.25) is 0 Å². The first kappa shape index (κ1) is 14.8. The van der Waals surface area contributed by atoms with Crippen molar-refractivity contribution in [3.8, 4) is 11.4 Å². The van der Waals surface area contributed by atoms with Crippen molar-refractivity contribution in [2.45, 2.75) is 13.8 Å². The highest BCUT2D eigenvalue weighted by atomic mass is 32.1. The second-order valence-electron chi connectivity index (χ2n) is 6.74. The zero-order valence-corrected chi connectivity index (χ0v) is 15.5. The number of para-hydroxylation sites is 1. The van der Waals surface area contributed by atoms with Crippen molar-refractivity contribution in [2.75, 3.05) is 0 Å². The summed E-state index contributed by atoms with van der Waals surface area (Å²) >= 11 is 1.63. The lowest BCUT2D eigenvalue weighted by molar-refractivity contribution is 0.940. The number of benzene rings is 1. The molecule has 5 aromatic heterocycles. The Balaban J connectivity index is 1.68. The van der Waals surface area contributed by atoms with Gasteiger partial charge < -0.3 is 4.98 Å². The van der Waals surface area contributed by atoms with Crippen molar-refractivity contribution in [3.63, 3.8) is 0 Å². The van der Waals surface area contributed by atoms with Crippen LogP contribution in [0, 0.1) is 13.8 Å². The zero-order chi connectivity index (χ0) is 18.1. The number of nitrogens with one attached hydrogen (secondary N) is 1. The van der Waals surface area contributed by atoms with E-state index in [4.69, 9.17) is 9.97 Å². The third kappa shape index (κ3) is 2.00. The first-order valence-electron chi connectivity index (χ1n) is 8.67. The Morgan fingerprint density at radius 1 is 1.11 bits per heavy atom. The lowest BCUT2D eigenvalue weighted by Gasteiger charge is -1.98. The van der Waals surface area contributed by atoms with Gasteiger partial charge in [-0.25, -0.2) is 19.5 Å². The number of H-pyrrole nitrogens is 1. The molecule has 0 bridgehead atoms. The highest BCUT2D eigenvalue weighted by Crippen LogP contribution is 2.36. The molecule has 0 radical (unpaired) electrons. The van der Waals surface area contributed by atoms with Gasteiger partial charge in [0, 0.05) is 33.7 Å².